The number of thioether (sulfide) groups is 1. The van der Waals surface area contributed by atoms with Crippen molar-refractivity contribution in [1.82, 2.24) is 0 Å². The van der Waals surface area contributed by atoms with E-state index in [0.29, 0.717) is 14.9 Å². The number of nitro groups is 1. The van der Waals surface area contributed by atoms with Gasteiger partial charge in [0.25, 0.3) is 11.6 Å². The van der Waals surface area contributed by atoms with E-state index in [1.165, 1.54) is 40.9 Å². The van der Waals surface area contributed by atoms with Gasteiger partial charge in [0.1, 0.15) is 0 Å². The van der Waals surface area contributed by atoms with Crippen molar-refractivity contribution in [2.45, 2.75) is 0 Å². The molecule has 0 saturated carbocycles. The van der Waals surface area contributed by atoms with Gasteiger partial charge in [0.2, 0.25) is 0 Å². The molecular weight excluding hydrogens is 412 g/mol. The van der Waals surface area contributed by atoms with Crippen molar-refractivity contribution in [3.05, 3.63) is 73.6 Å². The molecule has 3 rings (SSSR count). The quantitative estimate of drug-likeness (QED) is 0.309. The maximum Gasteiger partial charge on any atom is 0.270 e. The third-order valence-corrected chi connectivity index (χ3v) is 5.05. The lowest BCUT2D eigenvalue weighted by Crippen LogP contribution is -2.27. The number of benzene rings is 2. The molecule has 0 spiro atoms. The topological polar surface area (TPSA) is 63.5 Å². The van der Waals surface area contributed by atoms with Crippen LogP contribution in [0.2, 0.25) is 0 Å². The lowest BCUT2D eigenvalue weighted by atomic mass is 10.2. The highest BCUT2D eigenvalue weighted by molar-refractivity contribution is 9.10. The molecule has 0 radical (unpaired) electrons. The fourth-order valence-corrected chi connectivity index (χ4v) is 3.88. The number of carbonyl (C=O) groups excluding carboxylic acids is 1. The van der Waals surface area contributed by atoms with E-state index < -0.39 is 4.92 Å². The number of thiocarbonyl (C=S) groups is 1. The van der Waals surface area contributed by atoms with Crippen molar-refractivity contribution in [1.29, 1.82) is 0 Å². The minimum absolute atomic E-state index is 0.0335. The lowest BCUT2D eigenvalue weighted by molar-refractivity contribution is -0.384. The van der Waals surface area contributed by atoms with Crippen LogP contribution in [0.15, 0.2) is 57.9 Å². The molecule has 1 saturated heterocycles. The van der Waals surface area contributed by atoms with Crippen molar-refractivity contribution < 1.29 is 9.72 Å². The van der Waals surface area contributed by atoms with E-state index in [1.54, 1.807) is 6.08 Å². The fourth-order valence-electron chi connectivity index (χ4n) is 2.16. The molecule has 0 aliphatic carbocycles. The second-order valence-corrected chi connectivity index (χ2v) is 7.44. The lowest BCUT2D eigenvalue weighted by Gasteiger charge is -2.13. The number of rotatable bonds is 3. The van der Waals surface area contributed by atoms with Crippen LogP contribution in [0, 0.1) is 10.1 Å². The molecule has 24 heavy (non-hydrogen) atoms. The number of anilines is 1. The number of amides is 1. The molecule has 0 unspecified atom stereocenters. The fraction of sp³-hybridized carbons (Fsp3) is 0. The van der Waals surface area contributed by atoms with Crippen LogP contribution in [0.4, 0.5) is 11.4 Å². The maximum atomic E-state index is 12.6. The summed E-state index contributed by atoms with van der Waals surface area (Å²) in [7, 11) is 0. The first-order chi connectivity index (χ1) is 11.5. The van der Waals surface area contributed by atoms with Gasteiger partial charge in [-0.05, 0) is 35.9 Å². The van der Waals surface area contributed by atoms with Gasteiger partial charge in [-0.3, -0.25) is 19.8 Å². The van der Waals surface area contributed by atoms with Crippen molar-refractivity contribution in [3.8, 4) is 0 Å². The number of nitro benzene ring substituents is 1. The van der Waals surface area contributed by atoms with E-state index in [-0.39, 0.29) is 11.6 Å². The summed E-state index contributed by atoms with van der Waals surface area (Å²) in [6.07, 6.45) is 1.77. The van der Waals surface area contributed by atoms with Crippen LogP contribution < -0.4 is 4.90 Å². The highest BCUT2D eigenvalue weighted by Crippen LogP contribution is 2.36. The zero-order valence-electron chi connectivity index (χ0n) is 12.0. The summed E-state index contributed by atoms with van der Waals surface area (Å²) in [6, 6.07) is 13.3. The summed E-state index contributed by atoms with van der Waals surface area (Å²) in [4.78, 5) is 24.8. The third kappa shape index (κ3) is 3.40. The van der Waals surface area contributed by atoms with E-state index in [2.05, 4.69) is 15.9 Å². The maximum absolute atomic E-state index is 12.6. The molecule has 2 aromatic rings. The summed E-state index contributed by atoms with van der Waals surface area (Å²) < 4.78 is 1.32. The van der Waals surface area contributed by atoms with E-state index in [4.69, 9.17) is 12.2 Å². The SMILES string of the molecule is O=C1/C(=C/c2cccc(Br)c2)SC(=S)N1c1ccc([N+](=O)[O-])cc1. The smallest absolute Gasteiger partial charge is 0.268 e. The standard InChI is InChI=1S/C16H9BrN2O3S2/c17-11-3-1-2-10(8-11)9-14-15(20)18(16(23)24-14)12-4-6-13(7-5-12)19(21)22/h1-9H/b14-9-. The van der Waals surface area contributed by atoms with Crippen LogP contribution in [-0.4, -0.2) is 15.2 Å². The Kier molecular flexibility index (Phi) is 4.79. The molecule has 120 valence electrons. The molecule has 1 heterocycles. The van der Waals surface area contributed by atoms with Crippen LogP contribution in [-0.2, 0) is 4.79 Å². The molecule has 0 aromatic heterocycles. The molecule has 1 aliphatic heterocycles. The summed E-state index contributed by atoms with van der Waals surface area (Å²) in [5, 5.41) is 10.7. The van der Waals surface area contributed by atoms with Gasteiger partial charge in [0.05, 0.1) is 15.5 Å². The number of halogens is 1. The van der Waals surface area contributed by atoms with Gasteiger partial charge in [-0.1, -0.05) is 52.0 Å². The Balaban J connectivity index is 1.90. The molecular formula is C16H9BrN2O3S2. The second-order valence-electron chi connectivity index (χ2n) is 4.85. The highest BCUT2D eigenvalue weighted by atomic mass is 79.9. The van der Waals surface area contributed by atoms with Crippen LogP contribution in [0.1, 0.15) is 5.56 Å². The zero-order chi connectivity index (χ0) is 17.3. The molecule has 5 nitrogen and oxygen atoms in total. The highest BCUT2D eigenvalue weighted by Gasteiger charge is 2.33. The molecule has 1 fully saturated rings. The Labute approximate surface area is 155 Å². The van der Waals surface area contributed by atoms with Gasteiger partial charge in [0.15, 0.2) is 4.32 Å². The Bertz CT molecular complexity index is 881. The van der Waals surface area contributed by atoms with E-state index in [0.717, 1.165) is 10.0 Å². The molecule has 0 atom stereocenters. The zero-order valence-corrected chi connectivity index (χ0v) is 15.2. The Morgan fingerprint density at radius 1 is 1.21 bits per heavy atom. The molecule has 2 aromatic carbocycles. The van der Waals surface area contributed by atoms with E-state index in [9.17, 15) is 14.9 Å². The number of nitrogens with zero attached hydrogens (tertiary/aromatic N) is 2. The van der Waals surface area contributed by atoms with E-state index >= 15 is 0 Å². The van der Waals surface area contributed by atoms with Gasteiger partial charge in [-0.15, -0.1) is 0 Å². The van der Waals surface area contributed by atoms with Crippen molar-refractivity contribution in [2.24, 2.45) is 0 Å². The van der Waals surface area contributed by atoms with Gasteiger partial charge >= 0.3 is 0 Å². The van der Waals surface area contributed by atoms with Crippen LogP contribution in [0.25, 0.3) is 6.08 Å². The van der Waals surface area contributed by atoms with Gasteiger partial charge in [0, 0.05) is 16.6 Å². The Hall–Kier alpha value is -2.03. The Morgan fingerprint density at radius 2 is 1.92 bits per heavy atom. The predicted octanol–water partition coefficient (Wildman–Crippen LogP) is 4.76. The molecule has 0 bridgehead atoms. The second kappa shape index (κ2) is 6.84. The van der Waals surface area contributed by atoms with Gasteiger partial charge in [-0.25, -0.2) is 0 Å². The first-order valence-corrected chi connectivity index (χ1v) is 8.75. The van der Waals surface area contributed by atoms with Gasteiger partial charge in [-0.2, -0.15) is 0 Å². The van der Waals surface area contributed by atoms with Crippen LogP contribution in [0.3, 0.4) is 0 Å². The molecule has 8 heteroatoms. The first kappa shape index (κ1) is 16.8. The largest absolute Gasteiger partial charge is 0.270 e. The number of hydrogen-bond acceptors (Lipinski definition) is 5. The minimum Gasteiger partial charge on any atom is -0.268 e. The molecule has 1 aliphatic rings. The predicted molar refractivity (Wildman–Crippen MR) is 103 cm³/mol. The van der Waals surface area contributed by atoms with Gasteiger partial charge < -0.3 is 0 Å². The molecule has 1 amide bonds. The average Bonchev–Trinajstić information content (AvgIpc) is 2.81. The van der Waals surface area contributed by atoms with Crippen molar-refractivity contribution in [3.63, 3.8) is 0 Å². The summed E-state index contributed by atoms with van der Waals surface area (Å²) >= 11 is 9.89. The minimum atomic E-state index is -0.485. The number of carbonyl (C=O) groups is 1. The molecule has 0 N–H and O–H groups in total. The summed E-state index contributed by atoms with van der Waals surface area (Å²) in [6.45, 7) is 0. The average molecular weight is 421 g/mol. The Morgan fingerprint density at radius 3 is 2.54 bits per heavy atom. The van der Waals surface area contributed by atoms with Crippen molar-refractivity contribution in [2.75, 3.05) is 4.90 Å². The number of hydrogen-bond donors (Lipinski definition) is 0. The van der Waals surface area contributed by atoms with Crippen LogP contribution >= 0.6 is 39.9 Å². The summed E-state index contributed by atoms with van der Waals surface area (Å²) in [5.74, 6) is -0.237. The monoisotopic (exact) mass is 420 g/mol. The van der Waals surface area contributed by atoms with E-state index in [1.807, 2.05) is 24.3 Å². The van der Waals surface area contributed by atoms with Crippen molar-refractivity contribution >= 4 is 67.6 Å². The normalized spacial score (nSPS) is 16.0. The first-order valence-electron chi connectivity index (χ1n) is 6.74. The number of non-ortho nitro benzene ring substituents is 1. The van der Waals surface area contributed by atoms with Crippen LogP contribution in [0.5, 0.6) is 0 Å². The third-order valence-electron chi connectivity index (χ3n) is 3.26. The summed E-state index contributed by atoms with van der Waals surface area (Å²) in [5.41, 5.74) is 1.36.